The molecular weight excluding hydrogens is 406 g/mol. The molecule has 5 aromatic rings. The predicted octanol–water partition coefficient (Wildman–Crippen LogP) is 5.29. The molecule has 31 heavy (non-hydrogen) atoms. The SMILES string of the molecule is c1cc(OCc2cccc(-c3nnn[nH]3)c2)cc(SCc2ccc3ccccc3n2)c1. The number of aromatic amines is 1. The van der Waals surface area contributed by atoms with Crippen molar-refractivity contribution in [3.05, 3.63) is 96.2 Å². The van der Waals surface area contributed by atoms with E-state index in [0.29, 0.717) is 12.4 Å². The van der Waals surface area contributed by atoms with Gasteiger partial charge in [0.05, 0.1) is 11.2 Å². The summed E-state index contributed by atoms with van der Waals surface area (Å²) in [5.74, 6) is 2.28. The Morgan fingerprint density at radius 3 is 2.74 bits per heavy atom. The molecule has 0 fully saturated rings. The number of nitrogens with zero attached hydrogens (tertiary/aromatic N) is 4. The molecule has 0 saturated heterocycles. The van der Waals surface area contributed by atoms with Crippen LogP contribution in [0.4, 0.5) is 0 Å². The molecule has 2 heterocycles. The molecular formula is C24H19N5OS. The van der Waals surface area contributed by atoms with Gasteiger partial charge in [-0.25, -0.2) is 5.10 Å². The van der Waals surface area contributed by atoms with Gasteiger partial charge in [0.15, 0.2) is 5.82 Å². The van der Waals surface area contributed by atoms with Crippen LogP contribution >= 0.6 is 11.8 Å². The molecule has 0 saturated carbocycles. The Morgan fingerprint density at radius 1 is 0.871 bits per heavy atom. The van der Waals surface area contributed by atoms with E-state index in [1.165, 1.54) is 0 Å². The third kappa shape index (κ3) is 4.73. The summed E-state index contributed by atoms with van der Waals surface area (Å²) in [5, 5.41) is 15.1. The number of para-hydroxylation sites is 1. The van der Waals surface area contributed by atoms with Crippen LogP contribution in [0.5, 0.6) is 5.75 Å². The molecule has 0 atom stereocenters. The molecule has 0 aliphatic carbocycles. The van der Waals surface area contributed by atoms with Gasteiger partial charge in [0.25, 0.3) is 0 Å². The fourth-order valence-electron chi connectivity index (χ4n) is 3.26. The minimum absolute atomic E-state index is 0.468. The lowest BCUT2D eigenvalue weighted by Gasteiger charge is -2.09. The zero-order valence-corrected chi connectivity index (χ0v) is 17.4. The molecule has 3 aromatic carbocycles. The fourth-order valence-corrected chi connectivity index (χ4v) is 4.11. The molecule has 7 heteroatoms. The monoisotopic (exact) mass is 425 g/mol. The number of hydrogen-bond donors (Lipinski definition) is 1. The van der Waals surface area contributed by atoms with Gasteiger partial charge in [-0.1, -0.05) is 48.5 Å². The highest BCUT2D eigenvalue weighted by molar-refractivity contribution is 7.98. The Balaban J connectivity index is 1.22. The maximum Gasteiger partial charge on any atom is 0.179 e. The van der Waals surface area contributed by atoms with E-state index >= 15 is 0 Å². The minimum atomic E-state index is 0.468. The molecule has 1 N–H and O–H groups in total. The number of tetrazole rings is 1. The van der Waals surface area contributed by atoms with Gasteiger partial charge in [-0.3, -0.25) is 4.98 Å². The van der Waals surface area contributed by atoms with Crippen molar-refractivity contribution in [1.29, 1.82) is 0 Å². The third-order valence-electron chi connectivity index (χ3n) is 4.80. The Bertz CT molecular complexity index is 1310. The average Bonchev–Trinajstić information content (AvgIpc) is 3.37. The van der Waals surface area contributed by atoms with Crippen molar-refractivity contribution in [2.24, 2.45) is 0 Å². The number of thioether (sulfide) groups is 1. The van der Waals surface area contributed by atoms with Gasteiger partial charge in [-0.05, 0) is 52.4 Å². The highest BCUT2D eigenvalue weighted by Gasteiger charge is 2.05. The maximum absolute atomic E-state index is 6.02. The van der Waals surface area contributed by atoms with Gasteiger partial charge >= 0.3 is 0 Å². The topological polar surface area (TPSA) is 76.6 Å². The molecule has 0 radical (unpaired) electrons. The van der Waals surface area contributed by atoms with Crippen LogP contribution in [0, 0.1) is 0 Å². The highest BCUT2D eigenvalue weighted by Crippen LogP contribution is 2.27. The van der Waals surface area contributed by atoms with E-state index in [0.717, 1.165) is 44.1 Å². The average molecular weight is 426 g/mol. The molecule has 0 bridgehead atoms. The number of H-pyrrole nitrogens is 1. The van der Waals surface area contributed by atoms with Gasteiger partial charge < -0.3 is 4.74 Å². The predicted molar refractivity (Wildman–Crippen MR) is 122 cm³/mol. The lowest BCUT2D eigenvalue weighted by atomic mass is 10.1. The van der Waals surface area contributed by atoms with Crippen molar-refractivity contribution < 1.29 is 4.74 Å². The number of fused-ring (bicyclic) bond motifs is 1. The minimum Gasteiger partial charge on any atom is -0.489 e. The second-order valence-electron chi connectivity index (χ2n) is 7.00. The summed E-state index contributed by atoms with van der Waals surface area (Å²) in [4.78, 5) is 5.90. The quantitative estimate of drug-likeness (QED) is 0.357. The maximum atomic E-state index is 6.02. The van der Waals surface area contributed by atoms with Crippen molar-refractivity contribution in [3.8, 4) is 17.1 Å². The smallest absolute Gasteiger partial charge is 0.179 e. The Morgan fingerprint density at radius 2 is 1.81 bits per heavy atom. The van der Waals surface area contributed by atoms with Gasteiger partial charge in [0.2, 0.25) is 0 Å². The molecule has 0 spiro atoms. The Kier molecular flexibility index (Phi) is 5.58. The van der Waals surface area contributed by atoms with Crippen LogP contribution < -0.4 is 4.74 Å². The largest absolute Gasteiger partial charge is 0.489 e. The molecule has 2 aromatic heterocycles. The normalized spacial score (nSPS) is 11.0. The van der Waals surface area contributed by atoms with Crippen molar-refractivity contribution in [2.45, 2.75) is 17.3 Å². The van der Waals surface area contributed by atoms with Crippen LogP contribution in [0.15, 0.2) is 89.8 Å². The van der Waals surface area contributed by atoms with Crippen LogP contribution in [0.25, 0.3) is 22.3 Å². The lowest BCUT2D eigenvalue weighted by Crippen LogP contribution is -1.96. The molecule has 0 aliphatic heterocycles. The number of rotatable bonds is 7. The van der Waals surface area contributed by atoms with E-state index in [2.05, 4.69) is 51.0 Å². The summed E-state index contributed by atoms with van der Waals surface area (Å²) >= 11 is 1.75. The summed E-state index contributed by atoms with van der Waals surface area (Å²) in [5.41, 5.74) is 4.07. The second kappa shape index (κ2) is 8.97. The summed E-state index contributed by atoms with van der Waals surface area (Å²) in [7, 11) is 0. The summed E-state index contributed by atoms with van der Waals surface area (Å²) < 4.78 is 6.02. The number of aromatic nitrogens is 5. The van der Waals surface area contributed by atoms with Crippen LogP contribution in [0.3, 0.4) is 0 Å². The first kappa shape index (κ1) is 19.3. The van der Waals surface area contributed by atoms with Crippen LogP contribution in [-0.2, 0) is 12.4 Å². The Hall–Kier alpha value is -3.71. The van der Waals surface area contributed by atoms with Crippen LogP contribution in [0.2, 0.25) is 0 Å². The zero-order chi connectivity index (χ0) is 20.9. The summed E-state index contributed by atoms with van der Waals surface area (Å²) in [6.45, 7) is 0.468. The second-order valence-corrected chi connectivity index (χ2v) is 8.05. The third-order valence-corrected chi connectivity index (χ3v) is 5.83. The number of hydrogen-bond acceptors (Lipinski definition) is 6. The Labute approximate surface area is 183 Å². The van der Waals surface area contributed by atoms with E-state index in [4.69, 9.17) is 9.72 Å². The van der Waals surface area contributed by atoms with E-state index in [1.54, 1.807) is 11.8 Å². The van der Waals surface area contributed by atoms with E-state index in [-0.39, 0.29) is 0 Å². The van der Waals surface area contributed by atoms with Crippen molar-refractivity contribution in [3.63, 3.8) is 0 Å². The van der Waals surface area contributed by atoms with E-state index in [9.17, 15) is 0 Å². The fraction of sp³-hybridized carbons (Fsp3) is 0.0833. The van der Waals surface area contributed by atoms with Gasteiger partial charge in [0, 0.05) is 21.6 Å². The molecule has 5 rings (SSSR count). The van der Waals surface area contributed by atoms with Crippen molar-refractivity contribution in [1.82, 2.24) is 25.6 Å². The van der Waals surface area contributed by atoms with E-state index in [1.807, 2.05) is 54.6 Å². The molecule has 152 valence electrons. The molecule has 0 unspecified atom stereocenters. The first-order valence-corrected chi connectivity index (χ1v) is 10.9. The number of ether oxygens (including phenoxy) is 1. The first-order chi connectivity index (χ1) is 15.3. The van der Waals surface area contributed by atoms with Crippen molar-refractivity contribution >= 4 is 22.7 Å². The zero-order valence-electron chi connectivity index (χ0n) is 16.6. The number of benzene rings is 3. The number of nitrogens with one attached hydrogen (secondary N) is 1. The van der Waals surface area contributed by atoms with Crippen LogP contribution in [-0.4, -0.2) is 25.6 Å². The molecule has 0 amide bonds. The molecule has 0 aliphatic rings. The van der Waals surface area contributed by atoms with Gasteiger partial charge in [0.1, 0.15) is 12.4 Å². The summed E-state index contributed by atoms with van der Waals surface area (Å²) in [6.07, 6.45) is 0. The standard InChI is InChI=1S/C24H19N5OS/c1-2-10-23-18(6-1)11-12-20(25-23)16-31-22-9-4-8-21(14-22)30-15-17-5-3-7-19(13-17)24-26-28-29-27-24/h1-14H,15-16H2,(H,26,27,28,29). The first-order valence-electron chi connectivity index (χ1n) is 9.87. The highest BCUT2D eigenvalue weighted by atomic mass is 32.2. The van der Waals surface area contributed by atoms with Crippen molar-refractivity contribution in [2.75, 3.05) is 0 Å². The molecule has 6 nitrogen and oxygen atoms in total. The van der Waals surface area contributed by atoms with E-state index < -0.39 is 0 Å². The van der Waals surface area contributed by atoms with Gasteiger partial charge in [-0.2, -0.15) is 0 Å². The lowest BCUT2D eigenvalue weighted by molar-refractivity contribution is 0.305. The number of pyridine rings is 1. The van der Waals surface area contributed by atoms with Crippen LogP contribution in [0.1, 0.15) is 11.3 Å². The van der Waals surface area contributed by atoms with Gasteiger partial charge in [-0.15, -0.1) is 16.9 Å². The summed E-state index contributed by atoms with van der Waals surface area (Å²) in [6, 6.07) is 28.5.